The summed E-state index contributed by atoms with van der Waals surface area (Å²) < 4.78 is 0. The van der Waals surface area contributed by atoms with Crippen LogP contribution in [0.1, 0.15) is 26.7 Å². The van der Waals surface area contributed by atoms with E-state index in [1.807, 2.05) is 19.9 Å². The Bertz CT molecular complexity index is 345. The molecule has 0 radical (unpaired) electrons. The summed E-state index contributed by atoms with van der Waals surface area (Å²) in [5, 5.41) is 15.1. The summed E-state index contributed by atoms with van der Waals surface area (Å²) in [7, 11) is 0. The predicted molar refractivity (Wildman–Crippen MR) is 70.0 cm³/mol. The minimum Gasteiger partial charge on any atom is -0.396 e. The summed E-state index contributed by atoms with van der Waals surface area (Å²) in [6.45, 7) is 5.03. The summed E-state index contributed by atoms with van der Waals surface area (Å²) in [5.41, 5.74) is 5.62. The van der Waals surface area contributed by atoms with E-state index in [0.29, 0.717) is 5.82 Å². The first-order valence-corrected chi connectivity index (χ1v) is 5.91. The number of aromatic nitrogens is 2. The average Bonchev–Trinajstić information content (AvgIpc) is 2.26. The third kappa shape index (κ3) is 4.86. The van der Waals surface area contributed by atoms with Gasteiger partial charge in [0.15, 0.2) is 0 Å². The standard InChI is InChI=1S/C11H21N5O/c1-3-13-9-7-10(16-11(12)15-9)14-8(2)5-4-6-17/h7-8,17H,3-6H2,1-2H3,(H4,12,13,14,15,16). The second kappa shape index (κ2) is 6.90. The molecule has 1 aromatic rings. The van der Waals surface area contributed by atoms with Gasteiger partial charge in [0.05, 0.1) is 0 Å². The SMILES string of the molecule is CCNc1cc(NC(C)CCCO)nc(N)n1. The van der Waals surface area contributed by atoms with Crippen LogP contribution in [-0.4, -0.2) is 34.3 Å². The van der Waals surface area contributed by atoms with Crippen LogP contribution in [0.5, 0.6) is 0 Å². The number of hydrogen-bond acceptors (Lipinski definition) is 6. The molecule has 0 fully saturated rings. The second-order valence-corrected chi connectivity index (χ2v) is 3.94. The highest BCUT2D eigenvalue weighted by molar-refractivity contribution is 5.51. The highest BCUT2D eigenvalue weighted by Gasteiger charge is 2.05. The summed E-state index contributed by atoms with van der Waals surface area (Å²) in [4.78, 5) is 8.19. The zero-order chi connectivity index (χ0) is 12.7. The molecule has 6 nitrogen and oxygen atoms in total. The van der Waals surface area contributed by atoms with Crippen molar-refractivity contribution in [3.8, 4) is 0 Å². The van der Waals surface area contributed by atoms with Gasteiger partial charge in [-0.25, -0.2) is 0 Å². The van der Waals surface area contributed by atoms with E-state index >= 15 is 0 Å². The lowest BCUT2D eigenvalue weighted by molar-refractivity contribution is 0.282. The van der Waals surface area contributed by atoms with Gasteiger partial charge < -0.3 is 21.5 Å². The van der Waals surface area contributed by atoms with Crippen molar-refractivity contribution in [1.82, 2.24) is 9.97 Å². The number of nitrogen functional groups attached to an aromatic ring is 1. The average molecular weight is 239 g/mol. The van der Waals surface area contributed by atoms with Crippen LogP contribution in [0.4, 0.5) is 17.6 Å². The number of aliphatic hydroxyl groups is 1. The molecule has 0 spiro atoms. The van der Waals surface area contributed by atoms with Crippen molar-refractivity contribution in [1.29, 1.82) is 0 Å². The second-order valence-electron chi connectivity index (χ2n) is 3.94. The Morgan fingerprint density at radius 1 is 1.41 bits per heavy atom. The van der Waals surface area contributed by atoms with Gasteiger partial charge in [0, 0.05) is 25.3 Å². The van der Waals surface area contributed by atoms with Crippen molar-refractivity contribution >= 4 is 17.6 Å². The van der Waals surface area contributed by atoms with E-state index in [1.54, 1.807) is 0 Å². The van der Waals surface area contributed by atoms with Crippen LogP contribution < -0.4 is 16.4 Å². The number of nitrogens with one attached hydrogen (secondary N) is 2. The van der Waals surface area contributed by atoms with E-state index in [-0.39, 0.29) is 18.6 Å². The Kier molecular flexibility index (Phi) is 5.48. The lowest BCUT2D eigenvalue weighted by atomic mass is 10.2. The molecule has 0 aromatic carbocycles. The molecule has 0 aliphatic heterocycles. The van der Waals surface area contributed by atoms with Gasteiger partial charge in [-0.3, -0.25) is 0 Å². The minimum absolute atomic E-state index is 0.209. The molecule has 17 heavy (non-hydrogen) atoms. The summed E-state index contributed by atoms with van der Waals surface area (Å²) >= 11 is 0. The molecule has 96 valence electrons. The number of aliphatic hydroxyl groups excluding tert-OH is 1. The van der Waals surface area contributed by atoms with Gasteiger partial charge in [-0.2, -0.15) is 9.97 Å². The Balaban J connectivity index is 2.63. The largest absolute Gasteiger partial charge is 0.396 e. The molecular formula is C11H21N5O. The van der Waals surface area contributed by atoms with Gasteiger partial charge in [0.1, 0.15) is 11.6 Å². The minimum atomic E-state index is 0.209. The van der Waals surface area contributed by atoms with Gasteiger partial charge in [0.2, 0.25) is 5.95 Å². The molecule has 6 heteroatoms. The van der Waals surface area contributed by atoms with Crippen molar-refractivity contribution in [2.45, 2.75) is 32.7 Å². The Morgan fingerprint density at radius 3 is 2.76 bits per heavy atom. The number of anilines is 3. The molecule has 0 amide bonds. The van der Waals surface area contributed by atoms with Crippen LogP contribution in [0.3, 0.4) is 0 Å². The first kappa shape index (κ1) is 13.5. The van der Waals surface area contributed by atoms with Crippen LogP contribution in [-0.2, 0) is 0 Å². The smallest absolute Gasteiger partial charge is 0.223 e. The Labute approximate surface area is 102 Å². The normalized spacial score (nSPS) is 12.2. The van der Waals surface area contributed by atoms with Crippen LogP contribution in [0.25, 0.3) is 0 Å². The maximum Gasteiger partial charge on any atom is 0.223 e. The van der Waals surface area contributed by atoms with Crippen LogP contribution in [0.2, 0.25) is 0 Å². The molecule has 1 unspecified atom stereocenters. The number of nitrogens with zero attached hydrogens (tertiary/aromatic N) is 2. The molecule has 0 aliphatic carbocycles. The molecular weight excluding hydrogens is 218 g/mol. The third-order valence-electron chi connectivity index (χ3n) is 2.29. The Morgan fingerprint density at radius 2 is 2.12 bits per heavy atom. The van der Waals surface area contributed by atoms with E-state index in [1.165, 1.54) is 0 Å². The summed E-state index contributed by atoms with van der Waals surface area (Å²) in [5.74, 6) is 1.68. The fraction of sp³-hybridized carbons (Fsp3) is 0.636. The maximum absolute atomic E-state index is 8.76. The van der Waals surface area contributed by atoms with Crippen LogP contribution in [0, 0.1) is 0 Å². The van der Waals surface area contributed by atoms with Gasteiger partial charge in [0.25, 0.3) is 0 Å². The molecule has 1 heterocycles. The van der Waals surface area contributed by atoms with Crippen molar-refractivity contribution in [2.24, 2.45) is 0 Å². The lowest BCUT2D eigenvalue weighted by Gasteiger charge is -2.14. The van der Waals surface area contributed by atoms with Crippen molar-refractivity contribution in [3.63, 3.8) is 0 Å². The zero-order valence-electron chi connectivity index (χ0n) is 10.4. The molecule has 0 saturated heterocycles. The first-order chi connectivity index (χ1) is 8.15. The van der Waals surface area contributed by atoms with E-state index in [2.05, 4.69) is 20.6 Å². The fourth-order valence-corrected chi connectivity index (χ4v) is 1.53. The van der Waals surface area contributed by atoms with Crippen molar-refractivity contribution < 1.29 is 5.11 Å². The highest BCUT2D eigenvalue weighted by atomic mass is 16.2. The molecule has 1 atom stereocenters. The summed E-state index contributed by atoms with van der Waals surface area (Å²) in [6, 6.07) is 2.07. The van der Waals surface area contributed by atoms with Gasteiger partial charge in [-0.05, 0) is 26.7 Å². The molecule has 1 aromatic heterocycles. The van der Waals surface area contributed by atoms with Crippen LogP contribution in [0.15, 0.2) is 6.07 Å². The first-order valence-electron chi connectivity index (χ1n) is 5.91. The van der Waals surface area contributed by atoms with E-state index < -0.39 is 0 Å². The molecule has 0 saturated carbocycles. The van der Waals surface area contributed by atoms with Crippen LogP contribution >= 0.6 is 0 Å². The zero-order valence-corrected chi connectivity index (χ0v) is 10.4. The number of hydrogen-bond donors (Lipinski definition) is 4. The topological polar surface area (TPSA) is 96.1 Å². The van der Waals surface area contributed by atoms with Crippen molar-refractivity contribution in [3.05, 3.63) is 6.07 Å². The Hall–Kier alpha value is -1.56. The van der Waals surface area contributed by atoms with Crippen molar-refractivity contribution in [2.75, 3.05) is 29.5 Å². The quantitative estimate of drug-likeness (QED) is 0.568. The molecule has 5 N–H and O–H groups in total. The van der Waals surface area contributed by atoms with Gasteiger partial charge in [-0.15, -0.1) is 0 Å². The lowest BCUT2D eigenvalue weighted by Crippen LogP contribution is -2.17. The van der Waals surface area contributed by atoms with Gasteiger partial charge in [-0.1, -0.05) is 0 Å². The predicted octanol–water partition coefficient (Wildman–Crippen LogP) is 1.06. The van der Waals surface area contributed by atoms with Gasteiger partial charge >= 0.3 is 0 Å². The van der Waals surface area contributed by atoms with E-state index in [0.717, 1.165) is 25.2 Å². The number of nitrogens with two attached hydrogens (primary N) is 1. The molecule has 1 rings (SSSR count). The monoisotopic (exact) mass is 239 g/mol. The van der Waals surface area contributed by atoms with E-state index in [4.69, 9.17) is 10.8 Å². The van der Waals surface area contributed by atoms with E-state index in [9.17, 15) is 0 Å². The highest BCUT2D eigenvalue weighted by Crippen LogP contribution is 2.14. The third-order valence-corrected chi connectivity index (χ3v) is 2.29. The maximum atomic E-state index is 8.76. The fourth-order valence-electron chi connectivity index (χ4n) is 1.53. The number of rotatable bonds is 7. The molecule has 0 bridgehead atoms. The summed E-state index contributed by atoms with van der Waals surface area (Å²) in [6.07, 6.45) is 1.66. The molecule has 0 aliphatic rings.